The molecule has 0 saturated carbocycles. The molecule has 0 atom stereocenters. The fourth-order valence-electron chi connectivity index (χ4n) is 0.626. The molecule has 0 aliphatic carbocycles. The first-order valence-electron chi connectivity index (χ1n) is 3.36. The minimum Gasteiger partial charge on any atom is -0.265 e. The van der Waals surface area contributed by atoms with E-state index in [1.165, 1.54) is 4.90 Å². The summed E-state index contributed by atoms with van der Waals surface area (Å²) in [6.07, 6.45) is 3.59. The second-order valence-electron chi connectivity index (χ2n) is 1.90. The molecule has 0 bridgehead atoms. The summed E-state index contributed by atoms with van der Waals surface area (Å²) in [5.41, 5.74) is 0. The van der Waals surface area contributed by atoms with Crippen molar-refractivity contribution in [2.45, 2.75) is 11.8 Å². The molecule has 0 amide bonds. The van der Waals surface area contributed by atoms with Gasteiger partial charge in [-0.3, -0.25) is 4.98 Å². The Morgan fingerprint density at radius 2 is 2.18 bits per heavy atom. The maximum atomic E-state index is 3.92. The van der Waals surface area contributed by atoms with Crippen molar-refractivity contribution >= 4 is 11.8 Å². The van der Waals surface area contributed by atoms with Crippen LogP contribution < -0.4 is 0 Å². The number of rotatable bonds is 2. The lowest BCUT2D eigenvalue weighted by Crippen LogP contribution is -1.74. The lowest BCUT2D eigenvalue weighted by molar-refractivity contribution is 1.26. The van der Waals surface area contributed by atoms with Crippen LogP contribution in [-0.2, 0) is 0 Å². The normalized spacial score (nSPS) is 8.45. The summed E-state index contributed by atoms with van der Waals surface area (Å²) in [5, 5.41) is 0. The van der Waals surface area contributed by atoms with Crippen molar-refractivity contribution in [3.63, 3.8) is 0 Å². The van der Waals surface area contributed by atoms with Gasteiger partial charge in [0.25, 0.3) is 0 Å². The Kier molecular flexibility index (Phi) is 3.57. The predicted molar refractivity (Wildman–Crippen MR) is 48.4 cm³/mol. The van der Waals surface area contributed by atoms with Crippen molar-refractivity contribution in [2.75, 3.05) is 5.75 Å². The summed E-state index contributed by atoms with van der Waals surface area (Å²) in [4.78, 5) is 5.15. The molecular weight excluding hydrogens is 154 g/mol. The van der Waals surface area contributed by atoms with Gasteiger partial charge in [0.15, 0.2) is 0 Å². The summed E-state index contributed by atoms with van der Waals surface area (Å²) in [6.45, 7) is 1.85. The monoisotopic (exact) mass is 163 g/mol. The second-order valence-corrected chi connectivity index (χ2v) is 2.95. The van der Waals surface area contributed by atoms with Gasteiger partial charge in [-0.05, 0) is 19.1 Å². The molecule has 2 heteroatoms. The van der Waals surface area contributed by atoms with E-state index in [0.29, 0.717) is 0 Å². The number of pyridine rings is 1. The van der Waals surface area contributed by atoms with Crippen LogP contribution in [0.5, 0.6) is 0 Å². The Bertz CT molecular complexity index is 258. The molecule has 0 unspecified atom stereocenters. The minimum absolute atomic E-state index is 0.862. The number of aromatic nitrogens is 1. The highest BCUT2D eigenvalue weighted by Crippen LogP contribution is 2.14. The zero-order valence-corrected chi connectivity index (χ0v) is 7.19. The Morgan fingerprint density at radius 1 is 1.45 bits per heavy atom. The summed E-state index contributed by atoms with van der Waals surface area (Å²) in [6, 6.07) is 3.98. The summed E-state index contributed by atoms with van der Waals surface area (Å²) < 4.78 is 0. The number of nitrogens with zero attached hydrogens (tertiary/aromatic N) is 1. The van der Waals surface area contributed by atoms with Crippen LogP contribution in [0.2, 0.25) is 0 Å². The second kappa shape index (κ2) is 4.81. The lowest BCUT2D eigenvalue weighted by Gasteiger charge is -1.93. The van der Waals surface area contributed by atoms with E-state index < -0.39 is 0 Å². The number of hydrogen-bond acceptors (Lipinski definition) is 2. The van der Waals surface area contributed by atoms with Crippen molar-refractivity contribution in [3.8, 4) is 11.8 Å². The molecule has 56 valence electrons. The predicted octanol–water partition coefficient (Wildman–Crippen LogP) is 2.20. The van der Waals surface area contributed by atoms with Crippen molar-refractivity contribution in [1.29, 1.82) is 0 Å². The van der Waals surface area contributed by atoms with Crippen LogP contribution >= 0.6 is 11.8 Å². The van der Waals surface area contributed by atoms with Gasteiger partial charge in [0.1, 0.15) is 0 Å². The minimum atomic E-state index is 0.862. The third-order valence-corrected chi connectivity index (χ3v) is 2.03. The van der Waals surface area contributed by atoms with Gasteiger partial charge < -0.3 is 0 Å². The fourth-order valence-corrected chi connectivity index (χ4v) is 1.32. The molecule has 1 heterocycles. The van der Waals surface area contributed by atoms with E-state index in [4.69, 9.17) is 0 Å². The first kappa shape index (κ1) is 8.16. The molecule has 0 spiro atoms. The molecule has 0 saturated heterocycles. The summed E-state index contributed by atoms with van der Waals surface area (Å²) in [5.74, 6) is 6.70. The van der Waals surface area contributed by atoms with Gasteiger partial charge in [0, 0.05) is 17.3 Å². The molecule has 1 aromatic heterocycles. The molecule has 0 aliphatic heterocycles. The zero-order valence-electron chi connectivity index (χ0n) is 6.37. The summed E-state index contributed by atoms with van der Waals surface area (Å²) in [7, 11) is 0. The third-order valence-electron chi connectivity index (χ3n) is 1.14. The number of thioether (sulfide) groups is 1. The van der Waals surface area contributed by atoms with Crippen molar-refractivity contribution in [3.05, 3.63) is 24.5 Å². The highest BCUT2D eigenvalue weighted by atomic mass is 32.2. The van der Waals surface area contributed by atoms with E-state index in [-0.39, 0.29) is 0 Å². The van der Waals surface area contributed by atoms with Crippen LogP contribution in [0.1, 0.15) is 6.92 Å². The van der Waals surface area contributed by atoms with Crippen molar-refractivity contribution in [1.82, 2.24) is 4.98 Å². The van der Waals surface area contributed by atoms with Crippen LogP contribution in [0.15, 0.2) is 29.4 Å². The van der Waals surface area contributed by atoms with E-state index in [0.717, 1.165) is 5.75 Å². The van der Waals surface area contributed by atoms with E-state index in [2.05, 4.69) is 16.8 Å². The Hall–Kier alpha value is -0.940. The molecule has 0 aliphatic rings. The third kappa shape index (κ3) is 3.10. The largest absolute Gasteiger partial charge is 0.265 e. The SMILES string of the molecule is CC#CCSc1ccncc1. The standard InChI is InChI=1S/C9H9NS/c1-2-3-8-11-9-4-6-10-7-5-9/h4-7H,8H2,1H3. The van der Waals surface area contributed by atoms with Gasteiger partial charge in [0.2, 0.25) is 0 Å². The molecule has 0 fully saturated rings. The smallest absolute Gasteiger partial charge is 0.0594 e. The number of hydrogen-bond donors (Lipinski definition) is 0. The van der Waals surface area contributed by atoms with Gasteiger partial charge in [-0.2, -0.15) is 0 Å². The fraction of sp³-hybridized carbons (Fsp3) is 0.222. The Labute approximate surface area is 71.2 Å². The Balaban J connectivity index is 2.43. The van der Waals surface area contributed by atoms with Gasteiger partial charge in [-0.25, -0.2) is 0 Å². The van der Waals surface area contributed by atoms with Gasteiger partial charge in [-0.15, -0.1) is 17.7 Å². The van der Waals surface area contributed by atoms with E-state index in [1.54, 1.807) is 24.2 Å². The maximum Gasteiger partial charge on any atom is 0.0594 e. The van der Waals surface area contributed by atoms with Crippen LogP contribution in [0.3, 0.4) is 0 Å². The van der Waals surface area contributed by atoms with E-state index in [9.17, 15) is 0 Å². The maximum absolute atomic E-state index is 3.92. The van der Waals surface area contributed by atoms with E-state index >= 15 is 0 Å². The van der Waals surface area contributed by atoms with Crippen molar-refractivity contribution < 1.29 is 0 Å². The first-order valence-corrected chi connectivity index (χ1v) is 4.34. The van der Waals surface area contributed by atoms with Crippen LogP contribution in [0.4, 0.5) is 0 Å². The topological polar surface area (TPSA) is 12.9 Å². The Morgan fingerprint density at radius 3 is 2.82 bits per heavy atom. The van der Waals surface area contributed by atoms with Crippen LogP contribution in [-0.4, -0.2) is 10.7 Å². The lowest BCUT2D eigenvalue weighted by atomic mass is 10.5. The molecule has 0 aromatic carbocycles. The van der Waals surface area contributed by atoms with Crippen LogP contribution in [0, 0.1) is 11.8 Å². The summed E-state index contributed by atoms with van der Waals surface area (Å²) >= 11 is 1.73. The molecule has 1 rings (SSSR count). The van der Waals surface area contributed by atoms with Gasteiger partial charge >= 0.3 is 0 Å². The van der Waals surface area contributed by atoms with Crippen LogP contribution in [0.25, 0.3) is 0 Å². The molecule has 1 aromatic rings. The zero-order chi connectivity index (χ0) is 7.94. The van der Waals surface area contributed by atoms with Crippen molar-refractivity contribution in [2.24, 2.45) is 0 Å². The van der Waals surface area contributed by atoms with Gasteiger partial charge in [-0.1, -0.05) is 5.92 Å². The highest BCUT2D eigenvalue weighted by Gasteiger charge is 1.87. The molecule has 1 nitrogen and oxygen atoms in total. The average molecular weight is 163 g/mol. The molecule has 0 N–H and O–H groups in total. The highest BCUT2D eigenvalue weighted by molar-refractivity contribution is 7.99. The molecule has 0 radical (unpaired) electrons. The quantitative estimate of drug-likeness (QED) is 0.489. The first-order chi connectivity index (χ1) is 5.43. The molecule has 11 heavy (non-hydrogen) atoms. The van der Waals surface area contributed by atoms with Gasteiger partial charge in [0.05, 0.1) is 5.75 Å². The average Bonchev–Trinajstić information content (AvgIpc) is 2.07. The molecular formula is C9H9NS. The van der Waals surface area contributed by atoms with E-state index in [1.807, 2.05) is 19.1 Å².